The van der Waals surface area contributed by atoms with Crippen LogP contribution in [-0.4, -0.2) is 23.0 Å². The summed E-state index contributed by atoms with van der Waals surface area (Å²) >= 11 is 0. The molecular formula is C12H14FNO3. The largest absolute Gasteiger partial charge is 0.481 e. The molecule has 1 unspecified atom stereocenters. The lowest BCUT2D eigenvalue weighted by molar-refractivity contribution is -0.137. The van der Waals surface area contributed by atoms with Crippen molar-refractivity contribution in [2.75, 3.05) is 0 Å². The van der Waals surface area contributed by atoms with Crippen molar-refractivity contribution >= 4 is 11.9 Å². The Morgan fingerprint density at radius 3 is 2.71 bits per heavy atom. The van der Waals surface area contributed by atoms with Crippen LogP contribution in [0.3, 0.4) is 0 Å². The zero-order valence-electron chi connectivity index (χ0n) is 9.66. The first-order chi connectivity index (χ1) is 7.91. The molecule has 1 atom stereocenters. The first kappa shape index (κ1) is 13.2. The lowest BCUT2D eigenvalue weighted by atomic mass is 10.1. The van der Waals surface area contributed by atoms with Crippen LogP contribution in [0.5, 0.6) is 0 Å². The fourth-order valence-corrected chi connectivity index (χ4v) is 1.47. The van der Waals surface area contributed by atoms with Gasteiger partial charge in [0.25, 0.3) is 5.91 Å². The van der Waals surface area contributed by atoms with Crippen molar-refractivity contribution in [3.05, 3.63) is 35.1 Å². The number of rotatable bonds is 4. The number of amides is 1. The maximum absolute atomic E-state index is 13.2. The summed E-state index contributed by atoms with van der Waals surface area (Å²) in [7, 11) is 0. The van der Waals surface area contributed by atoms with Crippen molar-refractivity contribution in [2.24, 2.45) is 0 Å². The maximum Gasteiger partial charge on any atom is 0.305 e. The molecule has 5 heteroatoms. The summed E-state index contributed by atoms with van der Waals surface area (Å²) in [6.45, 7) is 3.09. The highest BCUT2D eigenvalue weighted by molar-refractivity contribution is 5.96. The van der Waals surface area contributed by atoms with Gasteiger partial charge in [0.15, 0.2) is 0 Å². The third-order valence-electron chi connectivity index (χ3n) is 2.37. The summed E-state index contributed by atoms with van der Waals surface area (Å²) < 4.78 is 13.2. The number of benzene rings is 1. The van der Waals surface area contributed by atoms with E-state index in [1.165, 1.54) is 25.1 Å². The molecule has 1 aromatic rings. The minimum absolute atomic E-state index is 0.167. The fourth-order valence-electron chi connectivity index (χ4n) is 1.47. The average molecular weight is 239 g/mol. The Labute approximate surface area is 98.5 Å². The molecule has 0 fully saturated rings. The molecule has 0 bridgehead atoms. The molecule has 0 saturated carbocycles. The van der Waals surface area contributed by atoms with Gasteiger partial charge >= 0.3 is 5.97 Å². The van der Waals surface area contributed by atoms with Crippen molar-refractivity contribution in [2.45, 2.75) is 26.3 Å². The number of hydrogen-bond donors (Lipinski definition) is 2. The van der Waals surface area contributed by atoms with Gasteiger partial charge < -0.3 is 10.4 Å². The molecule has 1 rings (SSSR count). The smallest absolute Gasteiger partial charge is 0.305 e. The predicted octanol–water partition coefficient (Wildman–Crippen LogP) is 1.73. The van der Waals surface area contributed by atoms with Crippen LogP contribution in [0.2, 0.25) is 0 Å². The Bertz CT molecular complexity index is 445. The summed E-state index contributed by atoms with van der Waals surface area (Å²) in [5, 5.41) is 11.1. The normalized spacial score (nSPS) is 11.9. The van der Waals surface area contributed by atoms with Gasteiger partial charge in [-0.1, -0.05) is 6.07 Å². The summed E-state index contributed by atoms with van der Waals surface area (Å²) in [4.78, 5) is 22.2. The second-order valence-electron chi connectivity index (χ2n) is 3.88. The predicted molar refractivity (Wildman–Crippen MR) is 60.3 cm³/mol. The van der Waals surface area contributed by atoms with E-state index >= 15 is 0 Å². The molecule has 0 saturated heterocycles. The molecule has 0 aromatic heterocycles. The topological polar surface area (TPSA) is 66.4 Å². The minimum atomic E-state index is -0.992. The SMILES string of the molecule is Cc1c(F)cccc1C(=O)NC(C)CC(=O)O. The van der Waals surface area contributed by atoms with Crippen LogP contribution in [0.4, 0.5) is 4.39 Å². The molecule has 0 radical (unpaired) electrons. The molecule has 17 heavy (non-hydrogen) atoms. The van der Waals surface area contributed by atoms with E-state index in [4.69, 9.17) is 5.11 Å². The van der Waals surface area contributed by atoms with Gasteiger partial charge in [-0.15, -0.1) is 0 Å². The summed E-state index contributed by atoms with van der Waals surface area (Å²) in [5.74, 6) is -1.91. The van der Waals surface area contributed by atoms with Crippen LogP contribution in [0.1, 0.15) is 29.3 Å². The van der Waals surface area contributed by atoms with E-state index in [-0.39, 0.29) is 17.5 Å². The van der Waals surface area contributed by atoms with Crippen molar-refractivity contribution in [1.82, 2.24) is 5.32 Å². The van der Waals surface area contributed by atoms with Crippen molar-refractivity contribution in [3.8, 4) is 0 Å². The third-order valence-corrected chi connectivity index (χ3v) is 2.37. The van der Waals surface area contributed by atoms with Crippen molar-refractivity contribution in [3.63, 3.8) is 0 Å². The first-order valence-corrected chi connectivity index (χ1v) is 5.19. The second-order valence-corrected chi connectivity index (χ2v) is 3.88. The number of carboxylic acids is 1. The Morgan fingerprint density at radius 1 is 1.47 bits per heavy atom. The highest BCUT2D eigenvalue weighted by Gasteiger charge is 2.15. The molecule has 1 aromatic carbocycles. The Balaban J connectivity index is 2.77. The number of carbonyl (C=O) groups excluding carboxylic acids is 1. The summed E-state index contributed by atoms with van der Waals surface area (Å²) in [5.41, 5.74) is 0.481. The van der Waals surface area contributed by atoms with E-state index in [0.717, 1.165) is 0 Å². The quantitative estimate of drug-likeness (QED) is 0.840. The Hall–Kier alpha value is -1.91. The second kappa shape index (κ2) is 5.43. The van der Waals surface area contributed by atoms with Gasteiger partial charge in [-0.3, -0.25) is 9.59 Å². The number of halogens is 1. The third kappa shape index (κ3) is 3.55. The average Bonchev–Trinajstić information content (AvgIpc) is 2.20. The standard InChI is InChI=1S/C12H14FNO3/c1-7(6-11(15)16)14-12(17)9-4-3-5-10(13)8(9)2/h3-5,7H,6H2,1-2H3,(H,14,17)(H,15,16). The molecular weight excluding hydrogens is 225 g/mol. The molecule has 0 aliphatic carbocycles. The van der Waals surface area contributed by atoms with Gasteiger partial charge in [0.05, 0.1) is 6.42 Å². The van der Waals surface area contributed by atoms with Crippen LogP contribution in [-0.2, 0) is 4.79 Å². The van der Waals surface area contributed by atoms with Crippen LogP contribution < -0.4 is 5.32 Å². The Morgan fingerprint density at radius 2 is 2.12 bits per heavy atom. The van der Waals surface area contributed by atoms with Crippen LogP contribution >= 0.6 is 0 Å². The number of carboxylic acid groups (broad SMARTS) is 1. The highest BCUT2D eigenvalue weighted by Crippen LogP contribution is 2.12. The van der Waals surface area contributed by atoms with E-state index in [9.17, 15) is 14.0 Å². The Kier molecular flexibility index (Phi) is 4.20. The van der Waals surface area contributed by atoms with Crippen molar-refractivity contribution in [1.29, 1.82) is 0 Å². The fraction of sp³-hybridized carbons (Fsp3) is 0.333. The lowest BCUT2D eigenvalue weighted by Gasteiger charge is -2.13. The van der Waals surface area contributed by atoms with E-state index in [0.29, 0.717) is 0 Å². The molecule has 0 heterocycles. The van der Waals surface area contributed by atoms with Gasteiger partial charge in [0.1, 0.15) is 5.82 Å². The first-order valence-electron chi connectivity index (χ1n) is 5.19. The zero-order valence-corrected chi connectivity index (χ0v) is 9.66. The monoisotopic (exact) mass is 239 g/mol. The molecule has 4 nitrogen and oxygen atoms in total. The van der Waals surface area contributed by atoms with E-state index in [1.807, 2.05) is 0 Å². The minimum Gasteiger partial charge on any atom is -0.481 e. The number of carbonyl (C=O) groups is 2. The van der Waals surface area contributed by atoms with E-state index < -0.39 is 23.7 Å². The highest BCUT2D eigenvalue weighted by atomic mass is 19.1. The summed E-state index contributed by atoms with van der Waals surface area (Å²) in [6, 6.07) is 3.72. The molecule has 0 aliphatic rings. The number of hydrogen-bond acceptors (Lipinski definition) is 2. The zero-order chi connectivity index (χ0) is 13.0. The molecule has 92 valence electrons. The maximum atomic E-state index is 13.2. The van der Waals surface area contributed by atoms with Crippen molar-refractivity contribution < 1.29 is 19.1 Å². The summed E-state index contributed by atoms with van der Waals surface area (Å²) in [6.07, 6.45) is -0.167. The van der Waals surface area contributed by atoms with E-state index in [2.05, 4.69) is 5.32 Å². The molecule has 1 amide bonds. The molecule has 0 spiro atoms. The van der Waals surface area contributed by atoms with Gasteiger partial charge in [-0.2, -0.15) is 0 Å². The molecule has 0 aliphatic heterocycles. The van der Waals surface area contributed by atoms with Crippen LogP contribution in [0.25, 0.3) is 0 Å². The van der Waals surface area contributed by atoms with Crippen LogP contribution in [0.15, 0.2) is 18.2 Å². The van der Waals surface area contributed by atoms with Gasteiger partial charge in [0.2, 0.25) is 0 Å². The molecule has 2 N–H and O–H groups in total. The number of nitrogens with one attached hydrogen (secondary N) is 1. The van der Waals surface area contributed by atoms with Gasteiger partial charge in [0, 0.05) is 11.6 Å². The van der Waals surface area contributed by atoms with Gasteiger partial charge in [-0.25, -0.2) is 4.39 Å². The van der Waals surface area contributed by atoms with Gasteiger partial charge in [-0.05, 0) is 31.5 Å². The lowest BCUT2D eigenvalue weighted by Crippen LogP contribution is -2.34. The van der Waals surface area contributed by atoms with Crippen LogP contribution in [0, 0.1) is 12.7 Å². The number of aliphatic carboxylic acids is 1. The van der Waals surface area contributed by atoms with E-state index in [1.54, 1.807) is 6.92 Å².